The number of phenols is 1. The highest BCUT2D eigenvalue weighted by molar-refractivity contribution is 6.07. The molecule has 1 aromatic heterocycles. The number of rotatable bonds is 5. The van der Waals surface area contributed by atoms with Crippen LogP contribution in [0, 0.1) is 0 Å². The molecule has 0 atom stereocenters. The number of carbonyl (C=O) groups excluding carboxylic acids is 2. The number of aromatic nitrogens is 1. The molecule has 2 N–H and O–H groups in total. The van der Waals surface area contributed by atoms with E-state index in [1.807, 2.05) is 42.5 Å². The van der Waals surface area contributed by atoms with E-state index < -0.39 is 5.97 Å². The van der Waals surface area contributed by atoms with E-state index in [1.54, 1.807) is 12.1 Å². The van der Waals surface area contributed by atoms with Crippen LogP contribution in [0.2, 0.25) is 0 Å². The molecular weight excluding hydrogens is 392 g/mol. The van der Waals surface area contributed by atoms with Crippen LogP contribution in [0.4, 0.5) is 0 Å². The fraction of sp³-hybridized carbons (Fsp3) is 0.240. The SMILES string of the molecule is O=C(COC(=O)c1c2c(nc3ccccc13)/C(=C/c1ccc(O)cc1)CC2)NC1CC1. The van der Waals surface area contributed by atoms with Crippen LogP contribution in [0.1, 0.15) is 46.4 Å². The molecule has 5 rings (SSSR count). The number of carbonyl (C=O) groups is 2. The van der Waals surface area contributed by atoms with E-state index in [2.05, 4.69) is 5.32 Å². The van der Waals surface area contributed by atoms with E-state index in [1.165, 1.54) is 0 Å². The zero-order valence-electron chi connectivity index (χ0n) is 16.9. The van der Waals surface area contributed by atoms with Crippen molar-refractivity contribution in [1.29, 1.82) is 0 Å². The molecule has 2 aliphatic carbocycles. The van der Waals surface area contributed by atoms with Gasteiger partial charge in [0.05, 0.1) is 16.8 Å². The van der Waals surface area contributed by atoms with Crippen LogP contribution in [-0.4, -0.2) is 34.6 Å². The molecule has 1 amide bonds. The van der Waals surface area contributed by atoms with E-state index >= 15 is 0 Å². The van der Waals surface area contributed by atoms with Gasteiger partial charge in [-0.25, -0.2) is 9.78 Å². The van der Waals surface area contributed by atoms with Crippen molar-refractivity contribution in [2.24, 2.45) is 0 Å². The summed E-state index contributed by atoms with van der Waals surface area (Å²) in [6.07, 6.45) is 5.43. The predicted octanol–water partition coefficient (Wildman–Crippen LogP) is 3.86. The molecule has 31 heavy (non-hydrogen) atoms. The lowest BCUT2D eigenvalue weighted by atomic mass is 10.0. The second kappa shape index (κ2) is 7.87. The highest BCUT2D eigenvalue weighted by Gasteiger charge is 2.28. The number of nitrogens with zero attached hydrogens (tertiary/aromatic N) is 1. The molecule has 6 nitrogen and oxygen atoms in total. The average molecular weight is 414 g/mol. The van der Waals surface area contributed by atoms with Crippen molar-refractivity contribution in [3.63, 3.8) is 0 Å². The number of phenolic OH excluding ortho intramolecular Hbond substituents is 1. The third-order valence-corrected chi connectivity index (χ3v) is 5.66. The second-order valence-electron chi connectivity index (χ2n) is 8.01. The molecule has 156 valence electrons. The van der Waals surface area contributed by atoms with Crippen molar-refractivity contribution in [1.82, 2.24) is 10.3 Å². The largest absolute Gasteiger partial charge is 0.508 e. The van der Waals surface area contributed by atoms with Gasteiger partial charge in [-0.2, -0.15) is 0 Å². The minimum absolute atomic E-state index is 0.217. The first kappa shape index (κ1) is 19.3. The Labute approximate surface area is 179 Å². The summed E-state index contributed by atoms with van der Waals surface area (Å²) in [6, 6.07) is 14.7. The van der Waals surface area contributed by atoms with E-state index in [4.69, 9.17) is 9.72 Å². The lowest BCUT2D eigenvalue weighted by Crippen LogP contribution is -2.30. The second-order valence-corrected chi connectivity index (χ2v) is 8.01. The summed E-state index contributed by atoms with van der Waals surface area (Å²) < 4.78 is 5.39. The van der Waals surface area contributed by atoms with Crippen molar-refractivity contribution < 1.29 is 19.4 Å². The molecule has 0 saturated heterocycles. The van der Waals surface area contributed by atoms with E-state index in [-0.39, 0.29) is 24.3 Å². The molecule has 1 fully saturated rings. The number of para-hydroxylation sites is 1. The molecule has 1 heterocycles. The summed E-state index contributed by atoms with van der Waals surface area (Å²) >= 11 is 0. The topological polar surface area (TPSA) is 88.5 Å². The lowest BCUT2D eigenvalue weighted by molar-refractivity contribution is -0.124. The van der Waals surface area contributed by atoms with Crippen LogP contribution in [-0.2, 0) is 16.0 Å². The van der Waals surface area contributed by atoms with Crippen molar-refractivity contribution >= 4 is 34.4 Å². The first-order valence-electron chi connectivity index (χ1n) is 10.5. The standard InChI is InChI=1S/C25H22N2O4/c28-18-10-5-15(6-11-18)13-16-7-12-20-23(19-3-1-2-4-21(19)27-24(16)20)25(30)31-14-22(29)26-17-8-9-17/h1-6,10-11,13,17,28H,7-9,12,14H2,(H,26,29)/b16-13+. The van der Waals surface area contributed by atoms with Gasteiger partial charge in [0.2, 0.25) is 0 Å². The van der Waals surface area contributed by atoms with Crippen LogP contribution in [0.15, 0.2) is 48.5 Å². The lowest BCUT2D eigenvalue weighted by Gasteiger charge is -2.12. The highest BCUT2D eigenvalue weighted by atomic mass is 16.5. The molecular formula is C25H22N2O4. The van der Waals surface area contributed by atoms with Crippen LogP contribution in [0.5, 0.6) is 5.75 Å². The molecule has 6 heteroatoms. The predicted molar refractivity (Wildman–Crippen MR) is 117 cm³/mol. The fourth-order valence-electron chi connectivity index (χ4n) is 3.98. The molecule has 2 aromatic carbocycles. The van der Waals surface area contributed by atoms with Gasteiger partial charge in [-0.15, -0.1) is 0 Å². The third kappa shape index (κ3) is 4.01. The molecule has 0 radical (unpaired) electrons. The number of nitrogens with one attached hydrogen (secondary N) is 1. The molecule has 0 spiro atoms. The van der Waals surface area contributed by atoms with Crippen molar-refractivity contribution in [2.75, 3.05) is 6.61 Å². The maximum atomic E-state index is 13.0. The molecule has 0 aliphatic heterocycles. The van der Waals surface area contributed by atoms with E-state index in [0.29, 0.717) is 17.5 Å². The number of hydrogen-bond acceptors (Lipinski definition) is 5. The normalized spacial score (nSPS) is 16.3. The van der Waals surface area contributed by atoms with Gasteiger partial charge in [0.1, 0.15) is 5.75 Å². The number of fused-ring (bicyclic) bond motifs is 2. The zero-order valence-corrected chi connectivity index (χ0v) is 16.9. The minimum atomic E-state index is -0.494. The Morgan fingerprint density at radius 1 is 1.10 bits per heavy atom. The number of allylic oxidation sites excluding steroid dienone is 1. The van der Waals surface area contributed by atoms with E-state index in [9.17, 15) is 14.7 Å². The van der Waals surface area contributed by atoms with Crippen LogP contribution < -0.4 is 5.32 Å². The average Bonchev–Trinajstić information content (AvgIpc) is 3.51. The molecule has 3 aromatic rings. The Balaban J connectivity index is 1.50. The van der Waals surface area contributed by atoms with Gasteiger partial charge in [0.25, 0.3) is 5.91 Å². The van der Waals surface area contributed by atoms with Gasteiger partial charge in [-0.1, -0.05) is 30.3 Å². The number of amides is 1. The van der Waals surface area contributed by atoms with Gasteiger partial charge in [0.15, 0.2) is 6.61 Å². The van der Waals surface area contributed by atoms with Gasteiger partial charge < -0.3 is 15.2 Å². The Kier molecular flexibility index (Phi) is 4.90. The number of pyridine rings is 1. The Morgan fingerprint density at radius 2 is 1.87 bits per heavy atom. The number of aromatic hydroxyl groups is 1. The number of hydrogen-bond donors (Lipinski definition) is 2. The summed E-state index contributed by atoms with van der Waals surface area (Å²) in [5, 5.41) is 13.1. The van der Waals surface area contributed by atoms with Gasteiger partial charge >= 0.3 is 5.97 Å². The Bertz CT molecular complexity index is 1210. The maximum absolute atomic E-state index is 13.0. The highest BCUT2D eigenvalue weighted by Crippen LogP contribution is 2.37. The number of ether oxygens (including phenoxy) is 1. The Morgan fingerprint density at radius 3 is 2.65 bits per heavy atom. The molecule has 0 bridgehead atoms. The number of esters is 1. The fourth-order valence-corrected chi connectivity index (χ4v) is 3.98. The summed E-state index contributed by atoms with van der Waals surface area (Å²) in [5.74, 6) is -0.542. The van der Waals surface area contributed by atoms with Gasteiger partial charge in [-0.05, 0) is 66.7 Å². The summed E-state index contributed by atoms with van der Waals surface area (Å²) in [4.78, 5) is 29.9. The first-order valence-corrected chi connectivity index (χ1v) is 10.5. The van der Waals surface area contributed by atoms with Crippen molar-refractivity contribution in [3.8, 4) is 5.75 Å². The quantitative estimate of drug-likeness (QED) is 0.619. The first-order chi connectivity index (χ1) is 15.1. The van der Waals surface area contributed by atoms with Gasteiger partial charge in [-0.3, -0.25) is 4.79 Å². The summed E-state index contributed by atoms with van der Waals surface area (Å²) in [5.41, 5.74) is 4.85. The third-order valence-electron chi connectivity index (χ3n) is 5.66. The van der Waals surface area contributed by atoms with Crippen LogP contribution in [0.25, 0.3) is 22.6 Å². The smallest absolute Gasteiger partial charge is 0.339 e. The molecule has 2 aliphatic rings. The minimum Gasteiger partial charge on any atom is -0.508 e. The Hall–Kier alpha value is -3.67. The molecule has 1 saturated carbocycles. The maximum Gasteiger partial charge on any atom is 0.339 e. The zero-order chi connectivity index (χ0) is 21.4. The molecule has 0 unspecified atom stereocenters. The van der Waals surface area contributed by atoms with Crippen LogP contribution >= 0.6 is 0 Å². The summed E-state index contributed by atoms with van der Waals surface area (Å²) in [7, 11) is 0. The monoisotopic (exact) mass is 414 g/mol. The number of benzene rings is 2. The van der Waals surface area contributed by atoms with Crippen molar-refractivity contribution in [2.45, 2.75) is 31.7 Å². The van der Waals surface area contributed by atoms with Crippen LogP contribution in [0.3, 0.4) is 0 Å². The van der Waals surface area contributed by atoms with Gasteiger partial charge in [0, 0.05) is 11.4 Å². The van der Waals surface area contributed by atoms with E-state index in [0.717, 1.165) is 47.0 Å². The summed E-state index contributed by atoms with van der Waals surface area (Å²) in [6.45, 7) is -0.281. The van der Waals surface area contributed by atoms with Crippen molar-refractivity contribution in [3.05, 3.63) is 70.9 Å².